The Kier molecular flexibility index (Phi) is 20.0. The summed E-state index contributed by atoms with van der Waals surface area (Å²) in [6, 6.07) is 0. The van der Waals surface area contributed by atoms with E-state index in [1.165, 1.54) is 58.2 Å². The van der Waals surface area contributed by atoms with E-state index >= 15 is 0 Å². The van der Waals surface area contributed by atoms with Crippen LogP contribution in [0.15, 0.2) is 0 Å². The number of rotatable bonds is 9. The highest BCUT2D eigenvalue weighted by atomic mass is 31.1. The van der Waals surface area contributed by atoms with Gasteiger partial charge in [-0.15, -0.1) is 0 Å². The summed E-state index contributed by atoms with van der Waals surface area (Å²) < 4.78 is 8.51. The largest absolute Gasteiger partial charge is 0.491 e. The molecule has 0 rings (SSSR count). The van der Waals surface area contributed by atoms with Crippen molar-refractivity contribution in [3.05, 3.63) is 0 Å². The molecule has 16 heavy (non-hydrogen) atoms. The molecule has 0 amide bonds. The molecular formula is C12H29NO2P+. The van der Waals surface area contributed by atoms with Gasteiger partial charge >= 0.3 is 8.69 Å². The third-order valence-corrected chi connectivity index (χ3v) is 2.48. The highest BCUT2D eigenvalue weighted by Gasteiger charge is 2.01. The van der Waals surface area contributed by atoms with Crippen LogP contribution in [0.25, 0.3) is 0 Å². The lowest BCUT2D eigenvalue weighted by atomic mass is 10.2. The Morgan fingerprint density at radius 2 is 1.12 bits per heavy atom. The van der Waals surface area contributed by atoms with E-state index in [4.69, 9.17) is 9.46 Å². The first kappa shape index (κ1) is 18.4. The van der Waals surface area contributed by atoms with Gasteiger partial charge in [-0.3, -0.25) is 0 Å². The Bertz CT molecular complexity index is 115. The van der Waals surface area contributed by atoms with Crippen LogP contribution in [0.2, 0.25) is 0 Å². The molecule has 0 saturated carbocycles. The summed E-state index contributed by atoms with van der Waals surface area (Å²) in [5.74, 6) is 0. The molecule has 1 unspecified atom stereocenters. The van der Waals surface area contributed by atoms with E-state index in [2.05, 4.69) is 25.7 Å². The molecule has 0 aromatic heterocycles. The first-order valence-electron chi connectivity index (χ1n) is 6.50. The van der Waals surface area contributed by atoms with E-state index in [0.717, 1.165) is 0 Å². The van der Waals surface area contributed by atoms with Gasteiger partial charge in [-0.1, -0.05) is 40.0 Å². The van der Waals surface area contributed by atoms with Crippen LogP contribution in [0.1, 0.15) is 59.3 Å². The fraction of sp³-hybridized carbons (Fsp3) is 1.00. The summed E-state index contributed by atoms with van der Waals surface area (Å²) in [5, 5.41) is 0. The smallest absolute Gasteiger partial charge is 0.303 e. The molecule has 1 N–H and O–H groups in total. The molecule has 0 aliphatic carbocycles. The van der Waals surface area contributed by atoms with Gasteiger partial charge in [0.1, 0.15) is 0 Å². The topological polar surface area (TPSA) is 40.5 Å². The van der Waals surface area contributed by atoms with E-state index in [0.29, 0.717) is 0 Å². The van der Waals surface area contributed by atoms with Crippen LogP contribution in [0.4, 0.5) is 0 Å². The molecule has 98 valence electrons. The molecule has 0 bridgehead atoms. The summed E-state index contributed by atoms with van der Waals surface area (Å²) in [6.45, 7) is 10.8. The van der Waals surface area contributed by atoms with Crippen molar-refractivity contribution in [2.24, 2.45) is 0 Å². The zero-order chi connectivity index (χ0) is 12.6. The molecule has 0 aromatic rings. The second-order valence-electron chi connectivity index (χ2n) is 3.99. The minimum Gasteiger partial charge on any atom is -0.303 e. The van der Waals surface area contributed by atoms with Gasteiger partial charge in [0.05, 0.1) is 0 Å². The second kappa shape index (κ2) is 17.4. The standard InChI is InChI=1S/C12H27N.HO2P/c1-4-7-10-13(11-8-5-2)12-9-6-3;1-3-2/h4-12H2,1-3H3;3H/p+1. The van der Waals surface area contributed by atoms with Crippen molar-refractivity contribution in [2.75, 3.05) is 19.6 Å². The highest BCUT2D eigenvalue weighted by Crippen LogP contribution is 2.01. The zero-order valence-electron chi connectivity index (χ0n) is 11.2. The highest BCUT2D eigenvalue weighted by molar-refractivity contribution is 7.16. The van der Waals surface area contributed by atoms with Crippen molar-refractivity contribution in [3.8, 4) is 0 Å². The maximum atomic E-state index is 8.51. The summed E-state index contributed by atoms with van der Waals surface area (Å²) in [5.41, 5.74) is 0. The van der Waals surface area contributed by atoms with Crippen LogP contribution < -0.4 is 0 Å². The van der Waals surface area contributed by atoms with Crippen molar-refractivity contribution in [2.45, 2.75) is 59.3 Å². The number of hydrogen-bond donors (Lipinski definition) is 1. The summed E-state index contributed by atoms with van der Waals surface area (Å²) in [7, 11) is -1.17. The average molecular weight is 250 g/mol. The second-order valence-corrected chi connectivity index (χ2v) is 4.18. The van der Waals surface area contributed by atoms with Crippen LogP contribution in [-0.2, 0) is 4.57 Å². The fourth-order valence-electron chi connectivity index (χ4n) is 1.48. The fourth-order valence-corrected chi connectivity index (χ4v) is 1.48. The first-order valence-corrected chi connectivity index (χ1v) is 7.35. The zero-order valence-corrected chi connectivity index (χ0v) is 12.2. The Morgan fingerprint density at radius 3 is 1.31 bits per heavy atom. The van der Waals surface area contributed by atoms with Crippen LogP contribution in [0, 0.1) is 0 Å². The van der Waals surface area contributed by atoms with Gasteiger partial charge in [-0.05, 0) is 43.5 Å². The Labute approximate surface area is 103 Å². The molecule has 0 aliphatic rings. The van der Waals surface area contributed by atoms with E-state index < -0.39 is 8.69 Å². The Balaban J connectivity index is 0. The maximum Gasteiger partial charge on any atom is 0.491 e. The minimum atomic E-state index is -1.17. The van der Waals surface area contributed by atoms with Crippen LogP contribution in [0.5, 0.6) is 0 Å². The normalized spacial score (nSPS) is 10.3. The van der Waals surface area contributed by atoms with Crippen LogP contribution in [-0.4, -0.2) is 29.4 Å². The van der Waals surface area contributed by atoms with Gasteiger partial charge in [0.2, 0.25) is 0 Å². The third kappa shape index (κ3) is 16.4. The van der Waals surface area contributed by atoms with E-state index in [-0.39, 0.29) is 0 Å². The van der Waals surface area contributed by atoms with E-state index in [9.17, 15) is 0 Å². The monoisotopic (exact) mass is 250 g/mol. The number of hydrogen-bond acceptors (Lipinski definition) is 2. The van der Waals surface area contributed by atoms with Crippen molar-refractivity contribution < 1.29 is 9.46 Å². The third-order valence-electron chi connectivity index (χ3n) is 2.48. The van der Waals surface area contributed by atoms with Crippen molar-refractivity contribution in [1.82, 2.24) is 4.90 Å². The van der Waals surface area contributed by atoms with Gasteiger partial charge in [0, 0.05) is 0 Å². The molecule has 4 heteroatoms. The molecule has 1 atom stereocenters. The lowest BCUT2D eigenvalue weighted by Crippen LogP contribution is -2.27. The molecule has 0 aliphatic heterocycles. The minimum absolute atomic E-state index is 1.17. The summed E-state index contributed by atoms with van der Waals surface area (Å²) in [6.07, 6.45) is 8.09. The lowest BCUT2D eigenvalue weighted by Gasteiger charge is -2.21. The summed E-state index contributed by atoms with van der Waals surface area (Å²) >= 11 is 0. The van der Waals surface area contributed by atoms with E-state index in [1.54, 1.807) is 0 Å². The van der Waals surface area contributed by atoms with Crippen molar-refractivity contribution >= 4 is 8.69 Å². The van der Waals surface area contributed by atoms with Gasteiger partial charge < -0.3 is 4.90 Å². The van der Waals surface area contributed by atoms with Crippen LogP contribution in [0.3, 0.4) is 0 Å². The molecule has 0 fully saturated rings. The molecule has 0 spiro atoms. The first-order chi connectivity index (χ1) is 7.76. The van der Waals surface area contributed by atoms with Crippen molar-refractivity contribution in [1.29, 1.82) is 0 Å². The van der Waals surface area contributed by atoms with Gasteiger partial charge in [-0.25, -0.2) is 0 Å². The molecule has 3 nitrogen and oxygen atoms in total. The SMILES string of the molecule is CCCCN(CCCC)CCCC.O=[PH+]O. The Morgan fingerprint density at radius 1 is 0.875 bits per heavy atom. The molecule has 0 heterocycles. The average Bonchev–Trinajstić information content (AvgIpc) is 2.29. The maximum absolute atomic E-state index is 8.51. The predicted molar refractivity (Wildman–Crippen MR) is 72.4 cm³/mol. The molecule has 0 radical (unpaired) electrons. The lowest BCUT2D eigenvalue weighted by molar-refractivity contribution is 0.261. The predicted octanol–water partition coefficient (Wildman–Crippen LogP) is 3.61. The summed E-state index contributed by atoms with van der Waals surface area (Å²) in [4.78, 5) is 9.68. The van der Waals surface area contributed by atoms with Gasteiger partial charge in [0.15, 0.2) is 0 Å². The Hall–Kier alpha value is 0.0200. The number of unbranched alkanes of at least 4 members (excludes halogenated alkanes) is 3. The van der Waals surface area contributed by atoms with E-state index in [1.807, 2.05) is 0 Å². The molecule has 0 saturated heterocycles. The van der Waals surface area contributed by atoms with Crippen LogP contribution >= 0.6 is 8.69 Å². The molecular weight excluding hydrogens is 221 g/mol. The molecule has 0 aromatic carbocycles. The quantitative estimate of drug-likeness (QED) is 0.635. The van der Waals surface area contributed by atoms with Gasteiger partial charge in [0.25, 0.3) is 0 Å². The van der Waals surface area contributed by atoms with Gasteiger partial charge in [-0.2, -0.15) is 4.89 Å². The number of nitrogens with zero attached hydrogens (tertiary/aromatic N) is 1. The van der Waals surface area contributed by atoms with Crippen molar-refractivity contribution in [3.63, 3.8) is 0 Å².